The Morgan fingerprint density at radius 2 is 2.14 bits per heavy atom. The van der Waals surface area contributed by atoms with E-state index in [1.54, 1.807) is 19.3 Å². The van der Waals surface area contributed by atoms with Gasteiger partial charge in [-0.3, -0.25) is 9.40 Å². The van der Waals surface area contributed by atoms with Crippen LogP contribution in [0.3, 0.4) is 0 Å². The summed E-state index contributed by atoms with van der Waals surface area (Å²) in [6, 6.07) is 7.38. The van der Waals surface area contributed by atoms with E-state index in [1.807, 2.05) is 18.2 Å². The summed E-state index contributed by atoms with van der Waals surface area (Å²) in [7, 11) is -1.97. The number of aryl methyl sites for hydroxylation is 1. The first-order valence-corrected chi connectivity index (χ1v) is 8.53. The highest BCUT2D eigenvalue weighted by atomic mass is 32.2. The minimum atomic E-state index is -3.70. The van der Waals surface area contributed by atoms with E-state index in [0.29, 0.717) is 16.0 Å². The number of fused-ring (bicyclic) bond motifs is 1. The minimum absolute atomic E-state index is 0.183. The molecule has 0 fully saturated rings. The van der Waals surface area contributed by atoms with Crippen molar-refractivity contribution < 1.29 is 8.42 Å². The van der Waals surface area contributed by atoms with Crippen LogP contribution in [0.25, 0.3) is 10.1 Å². The molecule has 0 unspecified atom stereocenters. The molecule has 3 aromatic rings. The van der Waals surface area contributed by atoms with Crippen molar-refractivity contribution in [1.82, 2.24) is 9.78 Å². The average Bonchev–Trinajstić information content (AvgIpc) is 3.01. The maximum atomic E-state index is 12.7. The first kappa shape index (κ1) is 14.1. The van der Waals surface area contributed by atoms with E-state index >= 15 is 0 Å². The van der Waals surface area contributed by atoms with E-state index in [2.05, 4.69) is 9.82 Å². The molecule has 6 nitrogen and oxygen atoms in total. The summed E-state index contributed by atoms with van der Waals surface area (Å²) in [6.07, 6.45) is 3.07. The highest BCUT2D eigenvalue weighted by Crippen LogP contribution is 2.35. The molecule has 3 N–H and O–H groups in total. The number of nitrogens with two attached hydrogens (primary N) is 1. The Hall–Kier alpha value is -1.90. The van der Waals surface area contributed by atoms with E-state index in [-0.39, 0.29) is 11.4 Å². The Kier molecular flexibility index (Phi) is 3.44. The lowest BCUT2D eigenvalue weighted by Crippen LogP contribution is -2.14. The van der Waals surface area contributed by atoms with Crippen molar-refractivity contribution in [3.05, 3.63) is 41.5 Å². The third kappa shape index (κ3) is 2.53. The molecule has 1 aromatic carbocycles. The molecule has 0 saturated heterocycles. The first-order valence-electron chi connectivity index (χ1n) is 6.23. The molecule has 0 saturated carbocycles. The summed E-state index contributed by atoms with van der Waals surface area (Å²) in [4.78, 5) is 0.905. The Bertz CT molecular complexity index is 896. The fraction of sp³-hybridized carbons (Fsp3) is 0.154. The van der Waals surface area contributed by atoms with Crippen molar-refractivity contribution in [2.45, 2.75) is 11.4 Å². The first-order chi connectivity index (χ1) is 10.0. The maximum absolute atomic E-state index is 12.7. The zero-order chi connectivity index (χ0) is 15.0. The normalized spacial score (nSPS) is 11.9. The zero-order valence-electron chi connectivity index (χ0n) is 11.3. The van der Waals surface area contributed by atoms with Crippen molar-refractivity contribution in [3.63, 3.8) is 0 Å². The standard InChI is InChI=1S/C13H14N4O2S2/c1-17-8-9(7-15-17)16-21(18,19)13-10-4-2-3-5-11(10)20-12(13)6-14/h2-5,7-8,16H,6,14H2,1H3. The molecule has 0 aliphatic rings. The van der Waals surface area contributed by atoms with Crippen molar-refractivity contribution in [2.75, 3.05) is 4.72 Å². The fourth-order valence-corrected chi connectivity index (χ4v) is 5.05. The molecule has 8 heteroatoms. The van der Waals surface area contributed by atoms with E-state index < -0.39 is 10.0 Å². The summed E-state index contributed by atoms with van der Waals surface area (Å²) >= 11 is 1.40. The predicted molar refractivity (Wildman–Crippen MR) is 83.7 cm³/mol. The average molecular weight is 322 g/mol. The molecule has 0 aliphatic carbocycles. The van der Waals surface area contributed by atoms with Gasteiger partial charge in [0, 0.05) is 34.8 Å². The maximum Gasteiger partial charge on any atom is 0.263 e. The van der Waals surface area contributed by atoms with Gasteiger partial charge in [-0.15, -0.1) is 11.3 Å². The number of nitrogens with one attached hydrogen (secondary N) is 1. The van der Waals surface area contributed by atoms with Crippen LogP contribution in [0.2, 0.25) is 0 Å². The third-order valence-corrected chi connectivity index (χ3v) is 5.86. The predicted octanol–water partition coefficient (Wildman–Crippen LogP) is 1.89. The number of rotatable bonds is 4. The lowest BCUT2D eigenvalue weighted by atomic mass is 10.2. The van der Waals surface area contributed by atoms with Crippen LogP contribution in [0.4, 0.5) is 5.69 Å². The SMILES string of the molecule is Cn1cc(NS(=O)(=O)c2c(CN)sc3ccccc23)cn1. The highest BCUT2D eigenvalue weighted by Gasteiger charge is 2.24. The second-order valence-corrected chi connectivity index (χ2v) is 7.32. The zero-order valence-corrected chi connectivity index (χ0v) is 12.9. The Labute approximate surface area is 126 Å². The van der Waals surface area contributed by atoms with Crippen LogP contribution in [-0.2, 0) is 23.6 Å². The molecular formula is C13H14N4O2S2. The monoisotopic (exact) mass is 322 g/mol. The molecule has 2 heterocycles. The molecule has 0 bridgehead atoms. The number of nitrogens with zero attached hydrogens (tertiary/aromatic N) is 2. The van der Waals surface area contributed by atoms with Crippen molar-refractivity contribution in [3.8, 4) is 0 Å². The quantitative estimate of drug-likeness (QED) is 0.767. The number of anilines is 1. The van der Waals surface area contributed by atoms with Crippen molar-refractivity contribution >= 4 is 37.1 Å². The van der Waals surface area contributed by atoms with Gasteiger partial charge in [0.2, 0.25) is 0 Å². The van der Waals surface area contributed by atoms with Crippen LogP contribution in [0.15, 0.2) is 41.6 Å². The van der Waals surface area contributed by atoms with E-state index in [1.165, 1.54) is 22.2 Å². The lowest BCUT2D eigenvalue weighted by molar-refractivity contribution is 0.601. The van der Waals surface area contributed by atoms with Gasteiger partial charge < -0.3 is 5.73 Å². The van der Waals surface area contributed by atoms with E-state index in [4.69, 9.17) is 5.73 Å². The second kappa shape index (κ2) is 5.14. The van der Waals surface area contributed by atoms with Gasteiger partial charge >= 0.3 is 0 Å². The highest BCUT2D eigenvalue weighted by molar-refractivity contribution is 7.93. The van der Waals surface area contributed by atoms with Crippen molar-refractivity contribution in [1.29, 1.82) is 0 Å². The van der Waals surface area contributed by atoms with Gasteiger partial charge in [-0.25, -0.2) is 8.42 Å². The number of aromatic nitrogens is 2. The summed E-state index contributed by atoms with van der Waals surface area (Å²) in [5.74, 6) is 0. The molecule has 0 spiro atoms. The van der Waals surface area contributed by atoms with Gasteiger partial charge in [0.05, 0.1) is 11.9 Å². The summed E-state index contributed by atoms with van der Waals surface area (Å²) in [5, 5.41) is 4.65. The molecule has 0 atom stereocenters. The summed E-state index contributed by atoms with van der Waals surface area (Å²) < 4.78 is 30.3. The van der Waals surface area contributed by atoms with Crippen LogP contribution >= 0.6 is 11.3 Å². The summed E-state index contributed by atoms with van der Waals surface area (Å²) in [6.45, 7) is 0.183. The molecular weight excluding hydrogens is 308 g/mol. The van der Waals surface area contributed by atoms with Gasteiger partial charge in [0.1, 0.15) is 4.90 Å². The smallest absolute Gasteiger partial charge is 0.263 e. The molecule has 3 rings (SSSR count). The largest absolute Gasteiger partial charge is 0.326 e. The fourth-order valence-electron chi connectivity index (χ4n) is 2.18. The van der Waals surface area contributed by atoms with Gasteiger partial charge in [0.15, 0.2) is 0 Å². The molecule has 110 valence electrons. The Morgan fingerprint density at radius 1 is 1.38 bits per heavy atom. The second-order valence-electron chi connectivity index (χ2n) is 4.56. The van der Waals surface area contributed by atoms with Crippen LogP contribution in [0, 0.1) is 0 Å². The molecule has 0 aliphatic heterocycles. The minimum Gasteiger partial charge on any atom is -0.326 e. The molecule has 21 heavy (non-hydrogen) atoms. The van der Waals surface area contributed by atoms with Crippen LogP contribution in [0.1, 0.15) is 4.88 Å². The van der Waals surface area contributed by atoms with Crippen LogP contribution < -0.4 is 10.5 Å². The van der Waals surface area contributed by atoms with Crippen molar-refractivity contribution in [2.24, 2.45) is 12.8 Å². The molecule has 0 amide bonds. The Balaban J connectivity index is 2.13. The van der Waals surface area contributed by atoms with Crippen LogP contribution in [0.5, 0.6) is 0 Å². The van der Waals surface area contributed by atoms with E-state index in [0.717, 1.165) is 4.70 Å². The third-order valence-electron chi connectivity index (χ3n) is 3.03. The Morgan fingerprint density at radius 3 is 2.81 bits per heavy atom. The number of hydrogen-bond acceptors (Lipinski definition) is 5. The van der Waals surface area contributed by atoms with Crippen LogP contribution in [-0.4, -0.2) is 18.2 Å². The van der Waals surface area contributed by atoms with E-state index in [9.17, 15) is 8.42 Å². The van der Waals surface area contributed by atoms with Gasteiger partial charge in [0.25, 0.3) is 10.0 Å². The molecule has 2 aromatic heterocycles. The van der Waals surface area contributed by atoms with Gasteiger partial charge in [-0.1, -0.05) is 18.2 Å². The van der Waals surface area contributed by atoms with Gasteiger partial charge in [-0.05, 0) is 6.07 Å². The van der Waals surface area contributed by atoms with Gasteiger partial charge in [-0.2, -0.15) is 5.10 Å². The number of thiophene rings is 1. The number of sulfonamides is 1. The lowest BCUT2D eigenvalue weighted by Gasteiger charge is -2.07. The summed E-state index contributed by atoms with van der Waals surface area (Å²) in [5.41, 5.74) is 6.14. The topological polar surface area (TPSA) is 90.0 Å². The molecule has 0 radical (unpaired) electrons. The number of hydrogen-bond donors (Lipinski definition) is 2. The number of benzene rings is 1.